The number of carboxylic acid groups (broad SMARTS) is 1. The summed E-state index contributed by atoms with van der Waals surface area (Å²) in [5.41, 5.74) is 5.08. The Morgan fingerprint density at radius 1 is 0.605 bits per heavy atom. The quantitative estimate of drug-likeness (QED) is 0.0636. The fourth-order valence-electron chi connectivity index (χ4n) is 19.5. The van der Waals surface area contributed by atoms with E-state index in [-0.39, 0.29) is 115 Å². The maximum absolute atomic E-state index is 14.6. The topological polar surface area (TPSA) is 183 Å². The molecule has 0 amide bonds. The van der Waals surface area contributed by atoms with E-state index in [4.69, 9.17) is 18.9 Å². The van der Waals surface area contributed by atoms with Crippen LogP contribution in [0.15, 0.2) is 35.4 Å². The Morgan fingerprint density at radius 2 is 1.14 bits per heavy atom. The normalized spacial score (nSPS) is 39.9. The van der Waals surface area contributed by atoms with Gasteiger partial charge in [0, 0.05) is 41.2 Å². The van der Waals surface area contributed by atoms with Crippen LogP contribution in [0, 0.1) is 69.0 Å². The van der Waals surface area contributed by atoms with Crippen molar-refractivity contribution in [2.75, 3.05) is 19.0 Å². The molecule has 0 bridgehead atoms. The maximum Gasteiger partial charge on any atom is 0.314 e. The molecule has 13 heteroatoms. The molecule has 442 valence electrons. The van der Waals surface area contributed by atoms with Crippen molar-refractivity contribution in [3.05, 3.63) is 68.8 Å². The Kier molecular flexibility index (Phi) is 14.4. The van der Waals surface area contributed by atoms with Crippen molar-refractivity contribution in [3.8, 4) is 23.0 Å². The van der Waals surface area contributed by atoms with E-state index >= 15 is 0 Å². The van der Waals surface area contributed by atoms with Crippen molar-refractivity contribution in [2.24, 2.45) is 55.2 Å². The minimum atomic E-state index is -0.803. The fourth-order valence-corrected chi connectivity index (χ4v) is 20.6. The number of carbonyl (C=O) groups is 5. The molecule has 12 nitrogen and oxygen atoms in total. The van der Waals surface area contributed by atoms with Crippen LogP contribution in [0.3, 0.4) is 0 Å². The third kappa shape index (κ3) is 8.79. The van der Waals surface area contributed by atoms with Gasteiger partial charge in [-0.15, -0.1) is 11.8 Å². The van der Waals surface area contributed by atoms with Gasteiger partial charge in [-0.3, -0.25) is 24.0 Å². The maximum atomic E-state index is 14.6. The predicted molar refractivity (Wildman–Crippen MR) is 313 cm³/mol. The summed E-state index contributed by atoms with van der Waals surface area (Å²) < 4.78 is 23.9. The van der Waals surface area contributed by atoms with Crippen molar-refractivity contribution in [3.63, 3.8) is 0 Å². The van der Waals surface area contributed by atoms with Gasteiger partial charge >= 0.3 is 29.8 Å². The lowest BCUT2D eigenvalue weighted by Gasteiger charge is -2.70. The molecule has 0 heterocycles. The second-order valence-corrected chi connectivity index (χ2v) is 30.8. The van der Waals surface area contributed by atoms with Gasteiger partial charge in [-0.2, -0.15) is 0 Å². The Labute approximate surface area is 485 Å². The Hall–Kier alpha value is -4.78. The highest BCUT2D eigenvalue weighted by molar-refractivity contribution is 7.99. The zero-order valence-electron chi connectivity index (χ0n) is 51.3. The third-order valence-corrected chi connectivity index (χ3v) is 26.2. The molecular weight excluding hydrogens is 1040 g/mol. The van der Waals surface area contributed by atoms with E-state index in [1.54, 1.807) is 11.8 Å². The second-order valence-electron chi connectivity index (χ2n) is 29.6. The van der Waals surface area contributed by atoms with E-state index in [9.17, 15) is 39.3 Å². The lowest BCUT2D eigenvalue weighted by molar-refractivity contribution is -0.181. The van der Waals surface area contributed by atoms with Crippen molar-refractivity contribution < 1.29 is 58.2 Å². The number of thioether (sulfide) groups is 1. The summed E-state index contributed by atoms with van der Waals surface area (Å²) in [4.78, 5) is 66.6. The molecule has 14 atom stereocenters. The van der Waals surface area contributed by atoms with Crippen LogP contribution in [0.5, 0.6) is 23.0 Å². The van der Waals surface area contributed by atoms with Crippen LogP contribution < -0.4 is 9.47 Å². The first-order valence-corrected chi connectivity index (χ1v) is 31.4. The second kappa shape index (κ2) is 19.6. The molecule has 2 aromatic rings. The number of carbonyl (C=O) groups excluding carboxylic acids is 4. The van der Waals surface area contributed by atoms with E-state index in [1.807, 2.05) is 39.8 Å². The van der Waals surface area contributed by atoms with Crippen LogP contribution in [0.4, 0.5) is 0 Å². The molecule has 8 aliphatic carbocycles. The third-order valence-electron chi connectivity index (χ3n) is 25.1. The van der Waals surface area contributed by atoms with Crippen molar-refractivity contribution in [1.29, 1.82) is 0 Å². The van der Waals surface area contributed by atoms with Crippen LogP contribution in [0.1, 0.15) is 231 Å². The van der Waals surface area contributed by atoms with Gasteiger partial charge in [0.05, 0.1) is 17.3 Å². The number of ether oxygens (including phenoxy) is 4. The SMILES string of the molecule is CC(=O)OCCSC1C=C2[C@@](C)(CC[C@@]3(C)[C@@H]4C[C@](C)(C(=O)O)CC[C@]4(C)CC[C@]23C)c2cc(OC(=O)CCOC(=O)[C@]3(C)CC[C@]4(C)CC[C@]5(C)C6=CC(C)c7c(cc(O)c(O)c7C)[C@]6(C)CC[C@@]5(C)[C@@H]4C3)c(OC(C)=O)c(C)c21. The highest BCUT2D eigenvalue weighted by Crippen LogP contribution is 2.77. The van der Waals surface area contributed by atoms with E-state index in [0.29, 0.717) is 37.0 Å². The molecule has 0 aliphatic heterocycles. The lowest BCUT2D eigenvalue weighted by Crippen LogP contribution is -2.62. The van der Waals surface area contributed by atoms with Gasteiger partial charge in [0.2, 0.25) is 0 Å². The van der Waals surface area contributed by atoms with Crippen LogP contribution in [-0.4, -0.2) is 64.1 Å². The Bertz CT molecular complexity index is 3080. The summed E-state index contributed by atoms with van der Waals surface area (Å²) in [7, 11) is 0. The van der Waals surface area contributed by atoms with Crippen LogP contribution in [0.2, 0.25) is 0 Å². The molecule has 3 N–H and O–H groups in total. The number of carboxylic acids is 1. The molecule has 10 rings (SSSR count). The number of rotatable bonds is 11. The number of fused-ring (bicyclic) bond motifs is 14. The van der Waals surface area contributed by atoms with Crippen LogP contribution in [-0.2, 0) is 44.3 Å². The molecule has 2 unspecified atom stereocenters. The van der Waals surface area contributed by atoms with Crippen molar-refractivity contribution >= 4 is 41.6 Å². The largest absolute Gasteiger partial charge is 0.504 e. The van der Waals surface area contributed by atoms with E-state index in [1.165, 1.54) is 25.0 Å². The molecule has 0 aromatic heterocycles. The zero-order chi connectivity index (χ0) is 59.2. The summed E-state index contributed by atoms with van der Waals surface area (Å²) in [5.74, 6) is -1.42. The van der Waals surface area contributed by atoms with Gasteiger partial charge in [0.25, 0.3) is 0 Å². The molecule has 8 aliphatic rings. The van der Waals surface area contributed by atoms with Crippen molar-refractivity contribution in [1.82, 2.24) is 0 Å². The first-order chi connectivity index (χ1) is 37.6. The standard InChI is InChI=1S/C68H92O12S/c1-38-32-48-63(10,43-33-45(71)55(73)39(2)53(38)43)23-27-68(15)51-37-62(9,20-18-60(51,7)21-25-65(48,68)12)58(76)78-29-16-52(72)80-46-34-44-54(40(3)56(46)79-42(5)70)47(81-31-30-77-41(4)69)35-49-64(44,11)24-28-67(14)50-36-61(8,57(74)75)19-17-59(50,6)22-26-66(49,67)13/h32-35,38,47,50-51,71,73H,16-31,36-37H2,1-15H3,(H,74,75)/t38?,47?,50-,51-,59-,60-,61-,62-,63+,64+,65-,66-,67+,68+/m1/s1. The molecular formula is C68H92O12S. The highest BCUT2D eigenvalue weighted by atomic mass is 32.2. The summed E-state index contributed by atoms with van der Waals surface area (Å²) in [6.45, 7) is 31.9. The van der Waals surface area contributed by atoms with E-state index in [2.05, 4.69) is 74.5 Å². The predicted octanol–water partition coefficient (Wildman–Crippen LogP) is 14.9. The first kappa shape index (κ1) is 59.4. The van der Waals surface area contributed by atoms with Crippen molar-refractivity contribution in [2.45, 2.75) is 222 Å². The van der Waals surface area contributed by atoms with E-state index in [0.717, 1.165) is 92.0 Å². The lowest BCUT2D eigenvalue weighted by atomic mass is 9.34. The average molecular weight is 1130 g/mol. The molecule has 81 heavy (non-hydrogen) atoms. The number of hydrogen-bond donors (Lipinski definition) is 3. The monoisotopic (exact) mass is 1130 g/mol. The van der Waals surface area contributed by atoms with Gasteiger partial charge in [-0.05, 0) is 208 Å². The highest BCUT2D eigenvalue weighted by Gasteiger charge is 2.69. The smallest absolute Gasteiger partial charge is 0.314 e. The molecule has 0 spiro atoms. The van der Waals surface area contributed by atoms with Gasteiger partial charge in [-0.25, -0.2) is 0 Å². The molecule has 0 saturated heterocycles. The Balaban J connectivity index is 0.899. The fraction of sp³-hybridized carbons (Fsp3) is 0.691. The summed E-state index contributed by atoms with van der Waals surface area (Å²) in [6, 6.07) is 3.72. The van der Waals surface area contributed by atoms with E-state index < -0.39 is 34.2 Å². The number of aliphatic carboxylic acids is 1. The number of phenolic OH excluding ortho intramolecular Hbond substituents is 2. The number of aromatic hydroxyl groups is 2. The minimum Gasteiger partial charge on any atom is -0.504 e. The Morgan fingerprint density at radius 3 is 1.69 bits per heavy atom. The summed E-state index contributed by atoms with van der Waals surface area (Å²) in [5, 5.41) is 32.1. The number of benzene rings is 2. The first-order valence-electron chi connectivity index (χ1n) is 30.3. The average Bonchev–Trinajstić information content (AvgIpc) is 3.60. The van der Waals surface area contributed by atoms with Crippen LogP contribution >= 0.6 is 11.8 Å². The van der Waals surface area contributed by atoms with Gasteiger partial charge in [0.1, 0.15) is 13.2 Å². The number of allylic oxidation sites excluding steroid dienone is 3. The summed E-state index contributed by atoms with van der Waals surface area (Å²) in [6.07, 6.45) is 16.5. The molecule has 2 aromatic carbocycles. The molecule has 0 radical (unpaired) electrons. The van der Waals surface area contributed by atoms with Gasteiger partial charge < -0.3 is 34.3 Å². The minimum absolute atomic E-state index is 0.0118. The van der Waals surface area contributed by atoms with Gasteiger partial charge in [-0.1, -0.05) is 85.6 Å². The van der Waals surface area contributed by atoms with Crippen LogP contribution in [0.25, 0.3) is 0 Å². The molecule has 6 saturated carbocycles. The number of esters is 4. The number of hydrogen-bond acceptors (Lipinski definition) is 12. The summed E-state index contributed by atoms with van der Waals surface area (Å²) >= 11 is 1.65. The molecule has 6 fully saturated rings. The number of phenols is 2. The van der Waals surface area contributed by atoms with Gasteiger partial charge in [0.15, 0.2) is 23.0 Å². The zero-order valence-corrected chi connectivity index (χ0v) is 52.1.